The number of anilines is 2. The summed E-state index contributed by atoms with van der Waals surface area (Å²) < 4.78 is 5.53. The van der Waals surface area contributed by atoms with Crippen molar-refractivity contribution >= 4 is 23.2 Å². The van der Waals surface area contributed by atoms with Crippen LogP contribution in [0, 0.1) is 6.92 Å². The summed E-state index contributed by atoms with van der Waals surface area (Å²) in [5.41, 5.74) is 4.43. The summed E-state index contributed by atoms with van der Waals surface area (Å²) in [6, 6.07) is 20.0. The number of rotatable bonds is 6. The van der Waals surface area contributed by atoms with E-state index in [1.165, 1.54) is 5.56 Å². The Labute approximate surface area is 189 Å². The van der Waals surface area contributed by atoms with Crippen LogP contribution >= 0.6 is 0 Å². The molecule has 0 fully saturated rings. The standard InChI is InChI=1S/C27H30N2O3/c1-6-32-24-15-12-20(16-18(24)2)26(31)29-23-9-7-8-22(17-23)28-25(30)19-10-13-21(14-11-19)27(3,4)5/h7-17H,6H2,1-5H3,(H,28,30)(H,29,31). The molecule has 0 bridgehead atoms. The molecule has 3 aromatic carbocycles. The lowest BCUT2D eigenvalue weighted by molar-refractivity contribution is 0.101. The average Bonchev–Trinajstić information content (AvgIpc) is 2.75. The fourth-order valence-corrected chi connectivity index (χ4v) is 3.31. The van der Waals surface area contributed by atoms with Crippen LogP contribution in [-0.4, -0.2) is 18.4 Å². The van der Waals surface area contributed by atoms with E-state index in [1.54, 1.807) is 42.5 Å². The summed E-state index contributed by atoms with van der Waals surface area (Å²) >= 11 is 0. The van der Waals surface area contributed by atoms with Gasteiger partial charge in [0.05, 0.1) is 6.61 Å². The normalized spacial score (nSPS) is 11.0. The maximum absolute atomic E-state index is 12.7. The van der Waals surface area contributed by atoms with Crippen LogP contribution in [0.15, 0.2) is 66.7 Å². The molecule has 0 spiro atoms. The molecular weight excluding hydrogens is 400 g/mol. The third kappa shape index (κ3) is 5.76. The van der Waals surface area contributed by atoms with E-state index in [9.17, 15) is 9.59 Å². The summed E-state index contributed by atoms with van der Waals surface area (Å²) in [7, 11) is 0. The van der Waals surface area contributed by atoms with Crippen LogP contribution in [0.2, 0.25) is 0 Å². The quantitative estimate of drug-likeness (QED) is 0.489. The Kier molecular flexibility index (Phi) is 6.98. The predicted molar refractivity (Wildman–Crippen MR) is 130 cm³/mol. The van der Waals surface area contributed by atoms with Crippen molar-refractivity contribution in [1.82, 2.24) is 0 Å². The molecule has 0 saturated carbocycles. The highest BCUT2D eigenvalue weighted by Gasteiger charge is 2.15. The first kappa shape index (κ1) is 23.1. The monoisotopic (exact) mass is 430 g/mol. The van der Waals surface area contributed by atoms with Crippen molar-refractivity contribution in [3.05, 3.63) is 89.0 Å². The van der Waals surface area contributed by atoms with Crippen molar-refractivity contribution in [2.75, 3.05) is 17.2 Å². The Bertz CT molecular complexity index is 1110. The van der Waals surface area contributed by atoms with E-state index in [0.717, 1.165) is 11.3 Å². The molecule has 5 heteroatoms. The van der Waals surface area contributed by atoms with Crippen molar-refractivity contribution in [3.8, 4) is 5.75 Å². The van der Waals surface area contributed by atoms with Gasteiger partial charge in [-0.05, 0) is 78.9 Å². The van der Waals surface area contributed by atoms with Crippen LogP contribution in [0.25, 0.3) is 0 Å². The first-order chi connectivity index (χ1) is 15.2. The molecule has 3 aromatic rings. The van der Waals surface area contributed by atoms with Gasteiger partial charge in [0, 0.05) is 22.5 Å². The molecular formula is C27H30N2O3. The molecule has 3 rings (SSSR count). The fourth-order valence-electron chi connectivity index (χ4n) is 3.31. The maximum atomic E-state index is 12.7. The van der Waals surface area contributed by atoms with Crippen molar-refractivity contribution < 1.29 is 14.3 Å². The lowest BCUT2D eigenvalue weighted by Gasteiger charge is -2.19. The molecule has 0 aliphatic heterocycles. The molecule has 166 valence electrons. The highest BCUT2D eigenvalue weighted by molar-refractivity contribution is 6.06. The molecule has 0 heterocycles. The third-order valence-electron chi connectivity index (χ3n) is 5.13. The van der Waals surface area contributed by atoms with Crippen molar-refractivity contribution in [3.63, 3.8) is 0 Å². The Hall–Kier alpha value is -3.60. The van der Waals surface area contributed by atoms with Gasteiger partial charge in [0.15, 0.2) is 0 Å². The first-order valence-electron chi connectivity index (χ1n) is 10.7. The molecule has 0 aromatic heterocycles. The molecule has 5 nitrogen and oxygen atoms in total. The lowest BCUT2D eigenvalue weighted by atomic mass is 9.87. The molecule has 2 N–H and O–H groups in total. The zero-order chi connectivity index (χ0) is 23.3. The Morgan fingerprint density at radius 2 is 1.38 bits per heavy atom. The zero-order valence-corrected chi connectivity index (χ0v) is 19.3. The molecule has 2 amide bonds. The largest absolute Gasteiger partial charge is 0.494 e. The van der Waals surface area contributed by atoms with E-state index in [1.807, 2.05) is 38.1 Å². The number of benzene rings is 3. The van der Waals surface area contributed by atoms with Crippen LogP contribution in [0.1, 0.15) is 59.5 Å². The van der Waals surface area contributed by atoms with Gasteiger partial charge in [-0.3, -0.25) is 9.59 Å². The van der Waals surface area contributed by atoms with Gasteiger partial charge >= 0.3 is 0 Å². The van der Waals surface area contributed by atoms with E-state index in [-0.39, 0.29) is 17.2 Å². The summed E-state index contributed by atoms with van der Waals surface area (Å²) in [5, 5.41) is 5.78. The topological polar surface area (TPSA) is 67.4 Å². The zero-order valence-electron chi connectivity index (χ0n) is 19.3. The highest BCUT2D eigenvalue weighted by Crippen LogP contribution is 2.23. The second kappa shape index (κ2) is 9.69. The van der Waals surface area contributed by atoms with Crippen molar-refractivity contribution in [1.29, 1.82) is 0 Å². The van der Waals surface area contributed by atoms with E-state index in [4.69, 9.17) is 4.74 Å². The van der Waals surface area contributed by atoms with Gasteiger partial charge in [-0.2, -0.15) is 0 Å². The van der Waals surface area contributed by atoms with Crippen LogP contribution in [0.3, 0.4) is 0 Å². The SMILES string of the molecule is CCOc1ccc(C(=O)Nc2cccc(NC(=O)c3ccc(C(C)(C)C)cc3)c2)cc1C. The molecule has 0 unspecified atom stereocenters. The number of hydrogen-bond acceptors (Lipinski definition) is 3. The molecule has 0 aliphatic carbocycles. The van der Waals surface area contributed by atoms with Gasteiger partial charge in [-0.25, -0.2) is 0 Å². The van der Waals surface area contributed by atoms with Crippen LogP contribution < -0.4 is 15.4 Å². The van der Waals surface area contributed by atoms with Gasteiger partial charge in [0.1, 0.15) is 5.75 Å². The third-order valence-corrected chi connectivity index (χ3v) is 5.13. The Balaban J connectivity index is 1.68. The first-order valence-corrected chi connectivity index (χ1v) is 10.7. The van der Waals surface area contributed by atoms with Gasteiger partial charge < -0.3 is 15.4 Å². The second-order valence-corrected chi connectivity index (χ2v) is 8.73. The molecule has 32 heavy (non-hydrogen) atoms. The summed E-state index contributed by atoms with van der Waals surface area (Å²) in [6.45, 7) is 10.8. The number of hydrogen-bond donors (Lipinski definition) is 2. The minimum absolute atomic E-state index is 0.0312. The number of aryl methyl sites for hydroxylation is 1. The summed E-state index contributed by atoms with van der Waals surface area (Å²) in [4.78, 5) is 25.3. The number of amides is 2. The van der Waals surface area contributed by atoms with Gasteiger partial charge in [-0.15, -0.1) is 0 Å². The maximum Gasteiger partial charge on any atom is 0.255 e. The Morgan fingerprint density at radius 3 is 1.91 bits per heavy atom. The number of carbonyl (C=O) groups excluding carboxylic acids is 2. The summed E-state index contributed by atoms with van der Waals surface area (Å²) in [6.07, 6.45) is 0. The van der Waals surface area contributed by atoms with Crippen LogP contribution in [-0.2, 0) is 5.41 Å². The van der Waals surface area contributed by atoms with Crippen LogP contribution in [0.5, 0.6) is 5.75 Å². The van der Waals surface area contributed by atoms with Crippen molar-refractivity contribution in [2.24, 2.45) is 0 Å². The van der Waals surface area contributed by atoms with E-state index in [0.29, 0.717) is 29.1 Å². The summed E-state index contributed by atoms with van der Waals surface area (Å²) in [5.74, 6) is 0.345. The highest BCUT2D eigenvalue weighted by atomic mass is 16.5. The minimum atomic E-state index is -0.225. The molecule has 0 atom stereocenters. The number of nitrogens with one attached hydrogen (secondary N) is 2. The number of ether oxygens (including phenoxy) is 1. The molecule has 0 aliphatic rings. The van der Waals surface area contributed by atoms with Crippen LogP contribution in [0.4, 0.5) is 11.4 Å². The fraction of sp³-hybridized carbons (Fsp3) is 0.259. The van der Waals surface area contributed by atoms with Gasteiger partial charge in [0.25, 0.3) is 11.8 Å². The van der Waals surface area contributed by atoms with E-state index >= 15 is 0 Å². The smallest absolute Gasteiger partial charge is 0.255 e. The minimum Gasteiger partial charge on any atom is -0.494 e. The lowest BCUT2D eigenvalue weighted by Crippen LogP contribution is -2.15. The van der Waals surface area contributed by atoms with E-state index in [2.05, 4.69) is 31.4 Å². The van der Waals surface area contributed by atoms with E-state index < -0.39 is 0 Å². The average molecular weight is 431 g/mol. The van der Waals surface area contributed by atoms with Gasteiger partial charge in [0.2, 0.25) is 0 Å². The second-order valence-electron chi connectivity index (χ2n) is 8.73. The van der Waals surface area contributed by atoms with Crippen molar-refractivity contribution in [2.45, 2.75) is 40.0 Å². The Morgan fingerprint density at radius 1 is 0.812 bits per heavy atom. The molecule has 0 radical (unpaired) electrons. The van der Waals surface area contributed by atoms with Gasteiger partial charge in [-0.1, -0.05) is 39.0 Å². The molecule has 0 saturated heterocycles. The predicted octanol–water partition coefficient (Wildman–Crippen LogP) is 6.20. The number of carbonyl (C=O) groups is 2.